The summed E-state index contributed by atoms with van der Waals surface area (Å²) < 4.78 is 27.6. The number of hydrogen-bond donors (Lipinski definition) is 2. The van der Waals surface area contributed by atoms with Crippen molar-refractivity contribution in [2.45, 2.75) is 19.1 Å². The third kappa shape index (κ3) is 2.89. The topological polar surface area (TPSA) is 87.9 Å². The molecule has 0 aliphatic carbocycles. The Morgan fingerprint density at radius 1 is 1.43 bits per heavy atom. The van der Waals surface area contributed by atoms with Crippen LogP contribution in [0.15, 0.2) is 28.7 Å². The van der Waals surface area contributed by atoms with Gasteiger partial charge in [0.1, 0.15) is 29.2 Å². The number of nitrogen functional groups attached to an aromatic ring is 1. The lowest BCUT2D eigenvalue weighted by Gasteiger charge is -2.18. The Morgan fingerprint density at radius 2 is 2.00 bits per heavy atom. The van der Waals surface area contributed by atoms with Gasteiger partial charge < -0.3 is 10.8 Å². The molecule has 5 nitrogen and oxygen atoms in total. The van der Waals surface area contributed by atoms with Crippen molar-refractivity contribution in [1.29, 1.82) is 5.26 Å². The lowest BCUT2D eigenvalue weighted by atomic mass is 10.1. The molecule has 0 aliphatic heterocycles. The molecule has 0 amide bonds. The van der Waals surface area contributed by atoms with Gasteiger partial charge in [-0.15, -0.1) is 0 Å². The van der Waals surface area contributed by atoms with Gasteiger partial charge in [-0.25, -0.2) is 4.68 Å². The highest BCUT2D eigenvalue weighted by molar-refractivity contribution is 9.10. The summed E-state index contributed by atoms with van der Waals surface area (Å²) in [4.78, 5) is 0. The quantitative estimate of drug-likeness (QED) is 0.884. The van der Waals surface area contributed by atoms with Gasteiger partial charge >= 0.3 is 6.11 Å². The monoisotopic (exact) mass is 356 g/mol. The molecule has 2 rings (SSSR count). The van der Waals surface area contributed by atoms with Crippen molar-refractivity contribution < 1.29 is 13.9 Å². The maximum absolute atomic E-state index is 13.0. The Kier molecular flexibility index (Phi) is 3.98. The number of aromatic nitrogens is 2. The van der Waals surface area contributed by atoms with Crippen LogP contribution in [-0.4, -0.2) is 21.0 Å². The Bertz CT molecular complexity index is 701. The lowest BCUT2D eigenvalue weighted by Crippen LogP contribution is -2.29. The van der Waals surface area contributed by atoms with Gasteiger partial charge in [-0.1, -0.05) is 28.1 Å². The SMILES string of the molecule is CC(n1nc(-c2ccc(Br)cc2)c(C#N)c1N)C(O)(F)F. The van der Waals surface area contributed by atoms with E-state index in [1.807, 2.05) is 6.07 Å². The fourth-order valence-electron chi connectivity index (χ4n) is 1.81. The van der Waals surface area contributed by atoms with Crippen LogP contribution in [0.4, 0.5) is 14.6 Å². The number of benzene rings is 1. The van der Waals surface area contributed by atoms with E-state index in [0.717, 1.165) is 16.1 Å². The Hall–Kier alpha value is -1.98. The highest BCUT2D eigenvalue weighted by atomic mass is 79.9. The number of nitrogens with two attached hydrogens (primary N) is 1. The molecule has 0 saturated carbocycles. The van der Waals surface area contributed by atoms with Gasteiger partial charge in [0.15, 0.2) is 0 Å². The van der Waals surface area contributed by atoms with E-state index in [2.05, 4.69) is 21.0 Å². The van der Waals surface area contributed by atoms with Crippen LogP contribution in [0.5, 0.6) is 0 Å². The molecule has 1 atom stereocenters. The predicted molar refractivity (Wildman–Crippen MR) is 76.4 cm³/mol. The third-order valence-electron chi connectivity index (χ3n) is 3.05. The van der Waals surface area contributed by atoms with E-state index in [1.54, 1.807) is 24.3 Å². The van der Waals surface area contributed by atoms with Crippen LogP contribution in [0.25, 0.3) is 11.3 Å². The summed E-state index contributed by atoms with van der Waals surface area (Å²) in [5.74, 6) is -0.211. The van der Waals surface area contributed by atoms with Crippen LogP contribution in [0.1, 0.15) is 18.5 Å². The van der Waals surface area contributed by atoms with E-state index in [9.17, 15) is 14.0 Å². The molecule has 110 valence electrons. The summed E-state index contributed by atoms with van der Waals surface area (Å²) in [6, 6.07) is 6.99. The van der Waals surface area contributed by atoms with E-state index in [-0.39, 0.29) is 17.1 Å². The number of anilines is 1. The molecule has 1 aromatic heterocycles. The molecule has 0 fully saturated rings. The second-order valence-electron chi connectivity index (χ2n) is 4.44. The van der Waals surface area contributed by atoms with Crippen molar-refractivity contribution in [3.63, 3.8) is 0 Å². The first-order chi connectivity index (χ1) is 9.75. The zero-order chi connectivity index (χ0) is 15.8. The van der Waals surface area contributed by atoms with Gasteiger partial charge in [-0.3, -0.25) is 0 Å². The van der Waals surface area contributed by atoms with Crippen LogP contribution in [-0.2, 0) is 0 Å². The zero-order valence-corrected chi connectivity index (χ0v) is 12.5. The van der Waals surface area contributed by atoms with Crippen LogP contribution < -0.4 is 5.73 Å². The fraction of sp³-hybridized carbons (Fsp3) is 0.231. The second kappa shape index (κ2) is 5.42. The average molecular weight is 357 g/mol. The molecule has 1 heterocycles. The predicted octanol–water partition coefficient (Wildman–Crippen LogP) is 2.91. The van der Waals surface area contributed by atoms with Crippen LogP contribution in [0, 0.1) is 11.3 Å². The summed E-state index contributed by atoms with van der Waals surface area (Å²) in [5.41, 5.74) is 6.45. The van der Waals surface area contributed by atoms with Crippen molar-refractivity contribution >= 4 is 21.7 Å². The minimum atomic E-state index is -4.00. The zero-order valence-electron chi connectivity index (χ0n) is 10.9. The third-order valence-corrected chi connectivity index (χ3v) is 3.58. The van der Waals surface area contributed by atoms with E-state index in [4.69, 9.17) is 10.8 Å². The van der Waals surface area contributed by atoms with E-state index in [1.165, 1.54) is 0 Å². The standard InChI is InChI=1S/C13H11BrF2N4O/c1-7(13(15,16)21)20-12(18)10(6-17)11(19-20)8-2-4-9(14)5-3-8/h2-5,7,21H,18H2,1H3. The highest BCUT2D eigenvalue weighted by Gasteiger charge is 2.37. The van der Waals surface area contributed by atoms with Crippen LogP contribution in [0.3, 0.4) is 0 Å². The molecule has 0 bridgehead atoms. The summed E-state index contributed by atoms with van der Waals surface area (Å²) >= 11 is 3.28. The molecule has 21 heavy (non-hydrogen) atoms. The molecular formula is C13H11BrF2N4O. The molecule has 1 aromatic carbocycles. The Morgan fingerprint density at radius 3 is 2.48 bits per heavy atom. The van der Waals surface area contributed by atoms with E-state index in [0.29, 0.717) is 5.56 Å². The average Bonchev–Trinajstić information content (AvgIpc) is 2.74. The Balaban J connectivity index is 2.59. The summed E-state index contributed by atoms with van der Waals surface area (Å²) in [5, 5.41) is 21.9. The minimum absolute atomic E-state index is 0.00609. The molecule has 0 radical (unpaired) electrons. The van der Waals surface area contributed by atoms with Crippen molar-refractivity contribution in [2.24, 2.45) is 0 Å². The summed E-state index contributed by atoms with van der Waals surface area (Å²) in [7, 11) is 0. The number of aliphatic hydroxyl groups is 1. The van der Waals surface area contributed by atoms with Crippen LogP contribution >= 0.6 is 15.9 Å². The minimum Gasteiger partial charge on any atom is -0.383 e. The molecular weight excluding hydrogens is 346 g/mol. The number of nitriles is 1. The molecule has 2 aromatic rings. The van der Waals surface area contributed by atoms with E-state index < -0.39 is 12.2 Å². The molecule has 8 heteroatoms. The maximum Gasteiger partial charge on any atom is 0.375 e. The van der Waals surface area contributed by atoms with Gasteiger partial charge in [-0.05, 0) is 19.1 Å². The Labute approximate surface area is 127 Å². The highest BCUT2D eigenvalue weighted by Crippen LogP contribution is 2.33. The van der Waals surface area contributed by atoms with Gasteiger partial charge in [0.05, 0.1) is 0 Å². The molecule has 0 spiro atoms. The first-order valence-electron chi connectivity index (χ1n) is 5.90. The second-order valence-corrected chi connectivity index (χ2v) is 5.35. The van der Waals surface area contributed by atoms with Gasteiger partial charge in [0.25, 0.3) is 0 Å². The van der Waals surface area contributed by atoms with Crippen molar-refractivity contribution in [3.05, 3.63) is 34.3 Å². The molecule has 0 aliphatic rings. The van der Waals surface area contributed by atoms with E-state index >= 15 is 0 Å². The van der Waals surface area contributed by atoms with Crippen molar-refractivity contribution in [1.82, 2.24) is 9.78 Å². The molecule has 0 saturated heterocycles. The largest absolute Gasteiger partial charge is 0.383 e. The number of nitrogens with zero attached hydrogens (tertiary/aromatic N) is 3. The number of rotatable bonds is 3. The molecule has 1 unspecified atom stereocenters. The number of hydrogen-bond acceptors (Lipinski definition) is 4. The maximum atomic E-state index is 13.0. The first-order valence-corrected chi connectivity index (χ1v) is 6.69. The smallest absolute Gasteiger partial charge is 0.375 e. The van der Waals surface area contributed by atoms with Gasteiger partial charge in [0, 0.05) is 10.0 Å². The number of alkyl halides is 2. The normalized spacial score (nSPS) is 13.0. The summed E-state index contributed by atoms with van der Waals surface area (Å²) in [6.07, 6.45) is -4.00. The fourth-order valence-corrected chi connectivity index (χ4v) is 2.07. The lowest BCUT2D eigenvalue weighted by molar-refractivity contribution is -0.228. The first kappa shape index (κ1) is 15.4. The van der Waals surface area contributed by atoms with Gasteiger partial charge in [-0.2, -0.15) is 19.1 Å². The summed E-state index contributed by atoms with van der Waals surface area (Å²) in [6.45, 7) is 1.07. The molecule has 3 N–H and O–H groups in total. The number of halogens is 3. The van der Waals surface area contributed by atoms with Crippen LogP contribution in [0.2, 0.25) is 0 Å². The van der Waals surface area contributed by atoms with Gasteiger partial charge in [0.2, 0.25) is 0 Å². The van der Waals surface area contributed by atoms with Crippen molar-refractivity contribution in [2.75, 3.05) is 5.73 Å². The van der Waals surface area contributed by atoms with Crippen molar-refractivity contribution in [3.8, 4) is 17.3 Å².